The van der Waals surface area contributed by atoms with Crippen LogP contribution in [0.5, 0.6) is 0 Å². The summed E-state index contributed by atoms with van der Waals surface area (Å²) in [5.74, 6) is 0.881. The fourth-order valence-electron chi connectivity index (χ4n) is 1.53. The van der Waals surface area contributed by atoms with Gasteiger partial charge in [0, 0.05) is 24.6 Å². The lowest BCUT2D eigenvalue weighted by Gasteiger charge is -2.08. The van der Waals surface area contributed by atoms with E-state index in [9.17, 15) is 0 Å². The fraction of sp³-hybridized carbons (Fsp3) is 0.333. The van der Waals surface area contributed by atoms with Gasteiger partial charge in [-0.2, -0.15) is 0 Å². The monoisotopic (exact) mass is 216 g/mol. The zero-order chi connectivity index (χ0) is 11.4. The number of nitrogens with two attached hydrogens (primary N) is 1. The number of hydrogen-bond acceptors (Lipinski definition) is 3. The van der Waals surface area contributed by atoms with Crippen LogP contribution in [0.3, 0.4) is 0 Å². The van der Waals surface area contributed by atoms with E-state index in [1.54, 1.807) is 12.5 Å². The van der Waals surface area contributed by atoms with Crippen molar-refractivity contribution < 1.29 is 0 Å². The molecular formula is C12H16N4. The predicted octanol–water partition coefficient (Wildman–Crippen LogP) is 1.55. The SMILES string of the molecule is CCC(N)Cc1ccc(-n2ccnc2)nc1. The van der Waals surface area contributed by atoms with Crippen LogP contribution in [0, 0.1) is 0 Å². The van der Waals surface area contributed by atoms with Gasteiger partial charge < -0.3 is 5.73 Å². The van der Waals surface area contributed by atoms with Crippen LogP contribution in [-0.2, 0) is 6.42 Å². The van der Waals surface area contributed by atoms with E-state index in [0.29, 0.717) is 0 Å². The molecule has 2 rings (SSSR count). The molecule has 0 aromatic carbocycles. The van der Waals surface area contributed by atoms with E-state index < -0.39 is 0 Å². The highest BCUT2D eigenvalue weighted by Crippen LogP contribution is 2.07. The third-order valence-corrected chi connectivity index (χ3v) is 2.60. The maximum atomic E-state index is 5.89. The molecule has 1 atom stereocenters. The van der Waals surface area contributed by atoms with E-state index in [0.717, 1.165) is 18.7 Å². The van der Waals surface area contributed by atoms with E-state index >= 15 is 0 Å². The van der Waals surface area contributed by atoms with E-state index in [4.69, 9.17) is 5.73 Å². The van der Waals surface area contributed by atoms with Gasteiger partial charge >= 0.3 is 0 Å². The van der Waals surface area contributed by atoms with Gasteiger partial charge in [-0.05, 0) is 24.5 Å². The summed E-state index contributed by atoms with van der Waals surface area (Å²) in [4.78, 5) is 8.36. The molecule has 0 amide bonds. The van der Waals surface area contributed by atoms with Gasteiger partial charge in [-0.15, -0.1) is 0 Å². The second kappa shape index (κ2) is 4.90. The van der Waals surface area contributed by atoms with Crippen LogP contribution in [-0.4, -0.2) is 20.6 Å². The van der Waals surface area contributed by atoms with Crippen molar-refractivity contribution in [1.82, 2.24) is 14.5 Å². The summed E-state index contributed by atoms with van der Waals surface area (Å²) in [6.07, 6.45) is 9.10. The minimum atomic E-state index is 0.223. The average Bonchev–Trinajstić information content (AvgIpc) is 2.83. The Balaban J connectivity index is 2.11. The minimum absolute atomic E-state index is 0.223. The molecule has 0 radical (unpaired) electrons. The highest BCUT2D eigenvalue weighted by atomic mass is 15.1. The lowest BCUT2D eigenvalue weighted by Crippen LogP contribution is -2.21. The number of hydrogen-bond donors (Lipinski definition) is 1. The Morgan fingerprint density at radius 1 is 1.44 bits per heavy atom. The first kappa shape index (κ1) is 10.8. The normalized spacial score (nSPS) is 12.6. The van der Waals surface area contributed by atoms with E-state index in [-0.39, 0.29) is 6.04 Å². The lowest BCUT2D eigenvalue weighted by molar-refractivity contribution is 0.645. The van der Waals surface area contributed by atoms with Gasteiger partial charge in [0.15, 0.2) is 0 Å². The Kier molecular flexibility index (Phi) is 3.31. The summed E-state index contributed by atoms with van der Waals surface area (Å²) in [5, 5.41) is 0. The maximum Gasteiger partial charge on any atom is 0.137 e. The molecule has 0 saturated carbocycles. The molecule has 0 aliphatic rings. The highest BCUT2D eigenvalue weighted by molar-refractivity contribution is 5.25. The molecule has 0 bridgehead atoms. The predicted molar refractivity (Wildman–Crippen MR) is 63.3 cm³/mol. The van der Waals surface area contributed by atoms with E-state index in [2.05, 4.69) is 23.0 Å². The Labute approximate surface area is 95.1 Å². The number of rotatable bonds is 4. The average molecular weight is 216 g/mol. The zero-order valence-corrected chi connectivity index (χ0v) is 9.37. The van der Waals surface area contributed by atoms with Gasteiger partial charge in [0.1, 0.15) is 12.1 Å². The molecule has 0 fully saturated rings. The molecule has 2 aromatic rings. The highest BCUT2D eigenvalue weighted by Gasteiger charge is 2.02. The molecule has 0 spiro atoms. The van der Waals surface area contributed by atoms with Crippen molar-refractivity contribution >= 4 is 0 Å². The third kappa shape index (κ3) is 2.46. The van der Waals surface area contributed by atoms with Crippen molar-refractivity contribution in [2.45, 2.75) is 25.8 Å². The summed E-state index contributed by atoms with van der Waals surface area (Å²) in [6, 6.07) is 4.28. The fourth-order valence-corrected chi connectivity index (χ4v) is 1.53. The van der Waals surface area contributed by atoms with E-state index in [1.165, 1.54) is 5.56 Å². The summed E-state index contributed by atoms with van der Waals surface area (Å²) < 4.78 is 1.88. The first-order valence-electron chi connectivity index (χ1n) is 5.48. The summed E-state index contributed by atoms with van der Waals surface area (Å²) in [7, 11) is 0. The molecule has 2 aromatic heterocycles. The number of pyridine rings is 1. The summed E-state index contributed by atoms with van der Waals surface area (Å²) >= 11 is 0. The second-order valence-corrected chi connectivity index (χ2v) is 3.87. The molecule has 2 heterocycles. The molecule has 0 aliphatic heterocycles. The Bertz CT molecular complexity index is 419. The smallest absolute Gasteiger partial charge is 0.137 e. The van der Waals surface area contributed by atoms with Gasteiger partial charge in [-0.1, -0.05) is 13.0 Å². The molecule has 4 nitrogen and oxygen atoms in total. The Hall–Kier alpha value is -1.68. The Morgan fingerprint density at radius 2 is 2.31 bits per heavy atom. The number of nitrogens with zero attached hydrogens (tertiary/aromatic N) is 3. The molecule has 16 heavy (non-hydrogen) atoms. The molecule has 0 saturated heterocycles. The van der Waals surface area contributed by atoms with Crippen LogP contribution in [0.25, 0.3) is 5.82 Å². The number of imidazole rings is 1. The molecule has 0 aliphatic carbocycles. The molecule has 4 heteroatoms. The third-order valence-electron chi connectivity index (χ3n) is 2.60. The molecule has 2 N–H and O–H groups in total. The van der Waals surface area contributed by atoms with Crippen LogP contribution in [0.4, 0.5) is 0 Å². The first-order valence-corrected chi connectivity index (χ1v) is 5.48. The number of aromatic nitrogens is 3. The second-order valence-electron chi connectivity index (χ2n) is 3.87. The van der Waals surface area contributed by atoms with Crippen molar-refractivity contribution in [3.05, 3.63) is 42.6 Å². The molecule has 84 valence electrons. The molecular weight excluding hydrogens is 200 g/mol. The van der Waals surface area contributed by atoms with E-state index in [1.807, 2.05) is 23.0 Å². The summed E-state index contributed by atoms with van der Waals surface area (Å²) in [6.45, 7) is 2.10. The summed E-state index contributed by atoms with van der Waals surface area (Å²) in [5.41, 5.74) is 7.07. The topological polar surface area (TPSA) is 56.7 Å². The van der Waals surface area contributed by atoms with Crippen molar-refractivity contribution in [2.75, 3.05) is 0 Å². The van der Waals surface area contributed by atoms with Crippen LogP contribution in [0.15, 0.2) is 37.1 Å². The minimum Gasteiger partial charge on any atom is -0.327 e. The Morgan fingerprint density at radius 3 is 2.88 bits per heavy atom. The van der Waals surface area contributed by atoms with Crippen molar-refractivity contribution in [3.8, 4) is 5.82 Å². The van der Waals surface area contributed by atoms with Gasteiger partial charge in [-0.25, -0.2) is 9.97 Å². The van der Waals surface area contributed by atoms with Crippen LogP contribution < -0.4 is 5.73 Å². The van der Waals surface area contributed by atoms with Crippen LogP contribution in [0.1, 0.15) is 18.9 Å². The lowest BCUT2D eigenvalue weighted by atomic mass is 10.1. The maximum absolute atomic E-state index is 5.89. The quantitative estimate of drug-likeness (QED) is 0.843. The molecule has 1 unspecified atom stereocenters. The van der Waals surface area contributed by atoms with Gasteiger partial charge in [0.05, 0.1) is 0 Å². The van der Waals surface area contributed by atoms with Crippen LogP contribution in [0.2, 0.25) is 0 Å². The standard InChI is InChI=1S/C12H16N4/c1-2-11(13)7-10-3-4-12(15-8-10)16-6-5-14-9-16/h3-6,8-9,11H,2,7,13H2,1H3. The van der Waals surface area contributed by atoms with Gasteiger partial charge in [0.2, 0.25) is 0 Å². The van der Waals surface area contributed by atoms with Gasteiger partial charge in [0.25, 0.3) is 0 Å². The van der Waals surface area contributed by atoms with Crippen molar-refractivity contribution in [1.29, 1.82) is 0 Å². The van der Waals surface area contributed by atoms with Crippen molar-refractivity contribution in [3.63, 3.8) is 0 Å². The van der Waals surface area contributed by atoms with Crippen molar-refractivity contribution in [2.24, 2.45) is 5.73 Å². The van der Waals surface area contributed by atoms with Gasteiger partial charge in [-0.3, -0.25) is 4.57 Å². The first-order chi connectivity index (χ1) is 7.79. The van der Waals surface area contributed by atoms with Crippen LogP contribution >= 0.6 is 0 Å². The zero-order valence-electron chi connectivity index (χ0n) is 9.37. The largest absolute Gasteiger partial charge is 0.327 e.